The first kappa shape index (κ1) is 11.2. The number of allylic oxidation sites excluding steroid dienone is 5. The molecule has 0 rings (SSSR count). The van der Waals surface area contributed by atoms with Crippen LogP contribution in [0.3, 0.4) is 0 Å². The fraction of sp³-hybridized carbons (Fsp3) is 0.500. The van der Waals surface area contributed by atoms with E-state index >= 15 is 0 Å². The molecule has 0 aliphatic rings. The third kappa shape index (κ3) is 4.95. The molecule has 0 unspecified atom stereocenters. The third-order valence-corrected chi connectivity index (χ3v) is 1.75. The van der Waals surface area contributed by atoms with Crippen molar-refractivity contribution in [2.45, 2.75) is 40.0 Å². The molecule has 0 aromatic heterocycles. The molecule has 0 heterocycles. The molecular formula is C12H20. The van der Waals surface area contributed by atoms with E-state index in [1.807, 2.05) is 6.92 Å². The largest absolute Gasteiger partial charge is 0.0958 e. The van der Waals surface area contributed by atoms with Crippen molar-refractivity contribution in [3.63, 3.8) is 0 Å². The average Bonchev–Trinajstić information content (AvgIpc) is 2.04. The SMILES string of the molecule is C=C(/C=C(\C=C/C)CC)CCC. The van der Waals surface area contributed by atoms with Gasteiger partial charge in [-0.1, -0.05) is 50.6 Å². The van der Waals surface area contributed by atoms with Crippen LogP contribution in [0.2, 0.25) is 0 Å². The highest BCUT2D eigenvalue weighted by molar-refractivity contribution is 5.27. The van der Waals surface area contributed by atoms with Gasteiger partial charge in [0.05, 0.1) is 0 Å². The Morgan fingerprint density at radius 2 is 2.00 bits per heavy atom. The minimum atomic E-state index is 1.09. The molecular weight excluding hydrogens is 144 g/mol. The van der Waals surface area contributed by atoms with Crippen LogP contribution < -0.4 is 0 Å². The Hall–Kier alpha value is -0.780. The second-order valence-corrected chi connectivity index (χ2v) is 2.98. The molecule has 0 nitrogen and oxygen atoms in total. The molecule has 0 aromatic carbocycles. The average molecular weight is 164 g/mol. The summed E-state index contributed by atoms with van der Waals surface area (Å²) in [4.78, 5) is 0. The summed E-state index contributed by atoms with van der Waals surface area (Å²) >= 11 is 0. The molecule has 0 aliphatic carbocycles. The maximum Gasteiger partial charge on any atom is -0.0287 e. The zero-order valence-corrected chi connectivity index (χ0v) is 8.56. The first-order valence-electron chi connectivity index (χ1n) is 4.75. The summed E-state index contributed by atoms with van der Waals surface area (Å²) in [5, 5.41) is 0. The maximum atomic E-state index is 4.00. The van der Waals surface area contributed by atoms with Crippen molar-refractivity contribution in [1.82, 2.24) is 0 Å². The zero-order valence-electron chi connectivity index (χ0n) is 8.56. The van der Waals surface area contributed by atoms with E-state index in [4.69, 9.17) is 0 Å². The summed E-state index contributed by atoms with van der Waals surface area (Å²) in [7, 11) is 0. The van der Waals surface area contributed by atoms with Crippen molar-refractivity contribution in [3.8, 4) is 0 Å². The minimum Gasteiger partial charge on any atom is -0.0958 e. The Morgan fingerprint density at radius 3 is 2.42 bits per heavy atom. The van der Waals surface area contributed by atoms with Crippen LogP contribution in [-0.2, 0) is 0 Å². The van der Waals surface area contributed by atoms with Crippen LogP contribution >= 0.6 is 0 Å². The summed E-state index contributed by atoms with van der Waals surface area (Å²) in [5.74, 6) is 0. The van der Waals surface area contributed by atoms with Crippen LogP contribution in [0, 0.1) is 0 Å². The van der Waals surface area contributed by atoms with E-state index in [-0.39, 0.29) is 0 Å². The predicted molar refractivity (Wildman–Crippen MR) is 57.2 cm³/mol. The van der Waals surface area contributed by atoms with Gasteiger partial charge in [0.1, 0.15) is 0 Å². The van der Waals surface area contributed by atoms with Crippen LogP contribution in [0.4, 0.5) is 0 Å². The number of rotatable bonds is 5. The van der Waals surface area contributed by atoms with Crippen molar-refractivity contribution in [1.29, 1.82) is 0 Å². The topological polar surface area (TPSA) is 0 Å². The van der Waals surface area contributed by atoms with Gasteiger partial charge in [0.15, 0.2) is 0 Å². The van der Waals surface area contributed by atoms with E-state index in [0.717, 1.165) is 12.8 Å². The van der Waals surface area contributed by atoms with Crippen molar-refractivity contribution in [2.24, 2.45) is 0 Å². The molecule has 0 amide bonds. The fourth-order valence-electron chi connectivity index (χ4n) is 1.14. The lowest BCUT2D eigenvalue weighted by atomic mass is 10.1. The fourth-order valence-corrected chi connectivity index (χ4v) is 1.14. The summed E-state index contributed by atoms with van der Waals surface area (Å²) in [6.45, 7) is 10.4. The second-order valence-electron chi connectivity index (χ2n) is 2.98. The highest BCUT2D eigenvalue weighted by atomic mass is 14.0. The van der Waals surface area contributed by atoms with Gasteiger partial charge in [-0.15, -0.1) is 0 Å². The third-order valence-electron chi connectivity index (χ3n) is 1.75. The zero-order chi connectivity index (χ0) is 9.40. The highest BCUT2D eigenvalue weighted by Crippen LogP contribution is 2.10. The molecule has 0 aliphatic heterocycles. The molecule has 0 radical (unpaired) electrons. The van der Waals surface area contributed by atoms with Crippen LogP contribution in [0.25, 0.3) is 0 Å². The smallest absolute Gasteiger partial charge is 0.0287 e. The molecule has 68 valence electrons. The van der Waals surface area contributed by atoms with Gasteiger partial charge in [-0.05, 0) is 25.3 Å². The highest BCUT2D eigenvalue weighted by Gasteiger charge is 1.90. The van der Waals surface area contributed by atoms with Gasteiger partial charge in [0.25, 0.3) is 0 Å². The molecule has 0 atom stereocenters. The molecule has 0 N–H and O–H groups in total. The first-order valence-corrected chi connectivity index (χ1v) is 4.75. The van der Waals surface area contributed by atoms with E-state index < -0.39 is 0 Å². The van der Waals surface area contributed by atoms with E-state index in [1.165, 1.54) is 17.6 Å². The van der Waals surface area contributed by atoms with Gasteiger partial charge in [0, 0.05) is 0 Å². The van der Waals surface area contributed by atoms with Crippen LogP contribution in [0.5, 0.6) is 0 Å². The Balaban J connectivity index is 4.17. The van der Waals surface area contributed by atoms with Crippen molar-refractivity contribution >= 4 is 0 Å². The molecule has 0 saturated carbocycles. The normalized spacial score (nSPS) is 12.4. The number of hydrogen-bond acceptors (Lipinski definition) is 0. The van der Waals surface area contributed by atoms with Gasteiger partial charge in [-0.2, -0.15) is 0 Å². The summed E-state index contributed by atoms with van der Waals surface area (Å²) in [6.07, 6.45) is 9.81. The molecule has 0 spiro atoms. The van der Waals surface area contributed by atoms with Gasteiger partial charge in [-0.25, -0.2) is 0 Å². The summed E-state index contributed by atoms with van der Waals surface area (Å²) in [5.41, 5.74) is 2.61. The monoisotopic (exact) mass is 164 g/mol. The van der Waals surface area contributed by atoms with Crippen LogP contribution in [0.1, 0.15) is 40.0 Å². The predicted octanol–water partition coefficient (Wildman–Crippen LogP) is 4.26. The van der Waals surface area contributed by atoms with E-state index in [9.17, 15) is 0 Å². The quantitative estimate of drug-likeness (QED) is 0.533. The van der Waals surface area contributed by atoms with E-state index in [1.54, 1.807) is 0 Å². The van der Waals surface area contributed by atoms with Crippen molar-refractivity contribution < 1.29 is 0 Å². The second kappa shape index (κ2) is 6.90. The number of hydrogen-bond donors (Lipinski definition) is 0. The van der Waals surface area contributed by atoms with Crippen LogP contribution in [0.15, 0.2) is 36.0 Å². The van der Waals surface area contributed by atoms with E-state index in [0.29, 0.717) is 0 Å². The molecule has 0 aromatic rings. The minimum absolute atomic E-state index is 1.09. The van der Waals surface area contributed by atoms with Crippen molar-refractivity contribution in [3.05, 3.63) is 36.0 Å². The summed E-state index contributed by atoms with van der Waals surface area (Å²) < 4.78 is 0. The molecule has 0 heteroatoms. The van der Waals surface area contributed by atoms with Gasteiger partial charge < -0.3 is 0 Å². The summed E-state index contributed by atoms with van der Waals surface area (Å²) in [6, 6.07) is 0. The van der Waals surface area contributed by atoms with Gasteiger partial charge in [0.2, 0.25) is 0 Å². The standard InChI is InChI=1S/C12H20/c1-5-8-11(4)10-12(7-3)9-6-2/h6,9-10H,4-5,7-8H2,1-3H3/b9-6-,12-10-. The lowest BCUT2D eigenvalue weighted by molar-refractivity contribution is 0.926. The van der Waals surface area contributed by atoms with E-state index in [2.05, 4.69) is 38.7 Å². The van der Waals surface area contributed by atoms with Gasteiger partial charge >= 0.3 is 0 Å². The Bertz CT molecular complexity index is 182. The molecule has 0 saturated heterocycles. The lowest BCUT2D eigenvalue weighted by Crippen LogP contribution is -1.79. The Morgan fingerprint density at radius 1 is 1.33 bits per heavy atom. The Kier molecular flexibility index (Phi) is 6.45. The first-order chi connectivity index (χ1) is 5.74. The van der Waals surface area contributed by atoms with Crippen LogP contribution in [-0.4, -0.2) is 0 Å². The molecule has 12 heavy (non-hydrogen) atoms. The van der Waals surface area contributed by atoms with Crippen molar-refractivity contribution in [2.75, 3.05) is 0 Å². The Labute approximate surface area is 76.7 Å². The van der Waals surface area contributed by atoms with Gasteiger partial charge in [-0.3, -0.25) is 0 Å². The lowest BCUT2D eigenvalue weighted by Gasteiger charge is -1.99. The molecule has 0 bridgehead atoms. The molecule has 0 fully saturated rings. The maximum absolute atomic E-state index is 4.00.